The van der Waals surface area contributed by atoms with Gasteiger partial charge in [0.05, 0.1) is 11.1 Å². The lowest BCUT2D eigenvalue weighted by Crippen LogP contribution is -1.93. The van der Waals surface area contributed by atoms with Crippen LogP contribution in [0.4, 0.5) is 4.39 Å². The minimum atomic E-state index is -0.691. The van der Waals surface area contributed by atoms with Crippen LogP contribution in [0.3, 0.4) is 0 Å². The van der Waals surface area contributed by atoms with Gasteiger partial charge in [-0.1, -0.05) is 41.0 Å². The number of hydrogen-bond donors (Lipinski definition) is 1. The molecule has 0 aliphatic carbocycles. The highest BCUT2D eigenvalue weighted by Gasteiger charge is 2.10. The molecule has 100 valence electrons. The van der Waals surface area contributed by atoms with Gasteiger partial charge < -0.3 is 5.11 Å². The van der Waals surface area contributed by atoms with Crippen molar-refractivity contribution in [2.24, 2.45) is 0 Å². The number of hydrogen-bond acceptors (Lipinski definition) is 2. The average Bonchev–Trinajstić information content (AvgIpc) is 2.36. The van der Waals surface area contributed by atoms with Crippen LogP contribution in [0.1, 0.15) is 18.6 Å². The largest absolute Gasteiger partial charge is 0.389 e. The molecule has 0 aromatic heterocycles. The van der Waals surface area contributed by atoms with E-state index >= 15 is 0 Å². The molecule has 2 rings (SSSR count). The minimum absolute atomic E-state index is 0.389. The van der Waals surface area contributed by atoms with Gasteiger partial charge in [0.2, 0.25) is 0 Å². The highest BCUT2D eigenvalue weighted by molar-refractivity contribution is 7.99. The zero-order valence-electron chi connectivity index (χ0n) is 10.0. The van der Waals surface area contributed by atoms with Crippen LogP contribution in [0.5, 0.6) is 0 Å². The van der Waals surface area contributed by atoms with E-state index < -0.39 is 6.10 Å². The summed E-state index contributed by atoms with van der Waals surface area (Å²) in [5.74, 6) is -0.389. The number of aliphatic hydroxyl groups excluding tert-OH is 1. The Balaban J connectivity index is 2.31. The van der Waals surface area contributed by atoms with Gasteiger partial charge >= 0.3 is 0 Å². The molecule has 2 aromatic rings. The van der Waals surface area contributed by atoms with Crippen molar-refractivity contribution < 1.29 is 9.50 Å². The molecule has 1 N–H and O–H groups in total. The van der Waals surface area contributed by atoms with Crippen LogP contribution < -0.4 is 0 Å². The van der Waals surface area contributed by atoms with Crippen LogP contribution in [-0.2, 0) is 0 Å². The van der Waals surface area contributed by atoms with E-state index in [0.717, 1.165) is 0 Å². The SMILES string of the molecule is CC(O)c1ccc(Sc2cc(Cl)ccc2Cl)c(F)c1. The lowest BCUT2D eigenvalue weighted by atomic mass is 10.1. The van der Waals surface area contributed by atoms with Gasteiger partial charge in [0.25, 0.3) is 0 Å². The fraction of sp³-hybridized carbons (Fsp3) is 0.143. The molecule has 5 heteroatoms. The van der Waals surface area contributed by atoms with E-state index in [9.17, 15) is 9.50 Å². The molecule has 0 aliphatic rings. The number of aliphatic hydroxyl groups is 1. The minimum Gasteiger partial charge on any atom is -0.389 e. The van der Waals surface area contributed by atoms with E-state index in [2.05, 4.69) is 0 Å². The van der Waals surface area contributed by atoms with Crippen molar-refractivity contribution in [2.45, 2.75) is 22.8 Å². The Labute approximate surface area is 125 Å². The van der Waals surface area contributed by atoms with E-state index in [-0.39, 0.29) is 5.82 Å². The average molecular weight is 317 g/mol. The lowest BCUT2D eigenvalue weighted by molar-refractivity contribution is 0.198. The lowest BCUT2D eigenvalue weighted by Gasteiger charge is -2.09. The summed E-state index contributed by atoms with van der Waals surface area (Å²) in [6.45, 7) is 1.59. The molecule has 0 heterocycles. The Morgan fingerprint density at radius 3 is 2.47 bits per heavy atom. The van der Waals surface area contributed by atoms with Crippen LogP contribution in [0.25, 0.3) is 0 Å². The first-order valence-corrected chi connectivity index (χ1v) is 7.15. The van der Waals surface area contributed by atoms with E-state index in [1.165, 1.54) is 17.8 Å². The third-order valence-corrected chi connectivity index (χ3v) is 4.34. The normalized spacial score (nSPS) is 12.5. The topological polar surface area (TPSA) is 20.2 Å². The molecule has 1 unspecified atom stereocenters. The van der Waals surface area contributed by atoms with Gasteiger partial charge in [0, 0.05) is 14.8 Å². The smallest absolute Gasteiger partial charge is 0.137 e. The van der Waals surface area contributed by atoms with Gasteiger partial charge in [-0.25, -0.2) is 4.39 Å². The predicted octanol–water partition coefficient (Wildman–Crippen LogP) is 5.34. The summed E-state index contributed by atoms with van der Waals surface area (Å²) in [6.07, 6.45) is -0.691. The van der Waals surface area contributed by atoms with Crippen molar-refractivity contribution in [3.05, 3.63) is 57.8 Å². The third kappa shape index (κ3) is 3.63. The molecule has 1 atom stereocenters. The Morgan fingerprint density at radius 2 is 1.84 bits per heavy atom. The molecule has 0 aliphatic heterocycles. The molecular formula is C14H11Cl2FOS. The van der Waals surface area contributed by atoms with Crippen LogP contribution in [0.15, 0.2) is 46.2 Å². The molecule has 0 fully saturated rings. The van der Waals surface area contributed by atoms with E-state index in [1.807, 2.05) is 0 Å². The van der Waals surface area contributed by atoms with Crippen molar-refractivity contribution in [3.63, 3.8) is 0 Å². The second-order valence-corrected chi connectivity index (χ2v) is 5.97. The molecule has 0 spiro atoms. The molecule has 19 heavy (non-hydrogen) atoms. The first-order valence-electron chi connectivity index (χ1n) is 5.58. The standard InChI is InChI=1S/C14H11Cl2FOS/c1-8(18)9-2-5-13(12(17)6-9)19-14-7-10(15)3-4-11(14)16/h2-8,18H,1H3. The molecule has 0 saturated carbocycles. The second-order valence-electron chi connectivity index (χ2n) is 4.04. The Bertz CT molecular complexity index is 602. The molecule has 1 nitrogen and oxygen atoms in total. The van der Waals surface area contributed by atoms with Crippen molar-refractivity contribution in [2.75, 3.05) is 0 Å². The summed E-state index contributed by atoms with van der Waals surface area (Å²) in [4.78, 5) is 1.13. The molecule has 2 aromatic carbocycles. The maximum absolute atomic E-state index is 13.9. The fourth-order valence-electron chi connectivity index (χ4n) is 1.53. The predicted molar refractivity (Wildman–Crippen MR) is 77.6 cm³/mol. The van der Waals surface area contributed by atoms with Crippen molar-refractivity contribution in [1.29, 1.82) is 0 Å². The Hall–Kier alpha value is -0.740. The first-order chi connectivity index (χ1) is 8.97. The molecular weight excluding hydrogens is 306 g/mol. The Kier molecular flexibility index (Phi) is 4.74. The zero-order valence-corrected chi connectivity index (χ0v) is 12.4. The van der Waals surface area contributed by atoms with Gasteiger partial charge in [-0.15, -0.1) is 0 Å². The molecule has 0 radical (unpaired) electrons. The summed E-state index contributed by atoms with van der Waals surface area (Å²) in [5.41, 5.74) is 0.541. The van der Waals surface area contributed by atoms with Crippen molar-refractivity contribution >= 4 is 35.0 Å². The van der Waals surface area contributed by atoms with Crippen molar-refractivity contribution in [3.8, 4) is 0 Å². The summed E-state index contributed by atoms with van der Waals surface area (Å²) in [7, 11) is 0. The Morgan fingerprint density at radius 1 is 1.11 bits per heavy atom. The maximum atomic E-state index is 13.9. The number of benzene rings is 2. The molecule has 0 saturated heterocycles. The highest BCUT2D eigenvalue weighted by Crippen LogP contribution is 2.36. The van der Waals surface area contributed by atoms with E-state index in [0.29, 0.717) is 25.4 Å². The van der Waals surface area contributed by atoms with Gasteiger partial charge in [-0.3, -0.25) is 0 Å². The van der Waals surface area contributed by atoms with Crippen LogP contribution >= 0.6 is 35.0 Å². The maximum Gasteiger partial charge on any atom is 0.137 e. The summed E-state index contributed by atoms with van der Waals surface area (Å²) in [5, 5.41) is 10.5. The third-order valence-electron chi connectivity index (χ3n) is 2.55. The number of halogens is 3. The van der Waals surface area contributed by atoms with Gasteiger partial charge in [-0.05, 0) is 42.8 Å². The second kappa shape index (κ2) is 6.14. The molecule has 0 amide bonds. The van der Waals surface area contributed by atoms with E-state index in [4.69, 9.17) is 23.2 Å². The summed E-state index contributed by atoms with van der Waals surface area (Å²) >= 11 is 13.1. The van der Waals surface area contributed by atoms with E-state index in [1.54, 1.807) is 37.3 Å². The monoisotopic (exact) mass is 316 g/mol. The highest BCUT2D eigenvalue weighted by atomic mass is 35.5. The molecule has 0 bridgehead atoms. The first kappa shape index (κ1) is 14.7. The quantitative estimate of drug-likeness (QED) is 0.825. The van der Waals surface area contributed by atoms with Gasteiger partial charge in [-0.2, -0.15) is 0 Å². The van der Waals surface area contributed by atoms with Crippen LogP contribution in [0, 0.1) is 5.82 Å². The van der Waals surface area contributed by atoms with Crippen LogP contribution in [-0.4, -0.2) is 5.11 Å². The number of rotatable bonds is 3. The van der Waals surface area contributed by atoms with Crippen molar-refractivity contribution in [1.82, 2.24) is 0 Å². The fourth-order valence-corrected chi connectivity index (χ4v) is 2.88. The van der Waals surface area contributed by atoms with Gasteiger partial charge in [0.15, 0.2) is 0 Å². The zero-order chi connectivity index (χ0) is 14.0. The van der Waals surface area contributed by atoms with Crippen LogP contribution in [0.2, 0.25) is 10.0 Å². The van der Waals surface area contributed by atoms with Gasteiger partial charge in [0.1, 0.15) is 5.82 Å². The summed E-state index contributed by atoms with van der Waals surface area (Å²) in [6, 6.07) is 9.69. The summed E-state index contributed by atoms with van der Waals surface area (Å²) < 4.78 is 13.9.